The molecule has 4 heterocycles. The second-order valence-corrected chi connectivity index (χ2v) is 6.77. The number of imidazole rings is 1. The van der Waals surface area contributed by atoms with Crippen LogP contribution in [-0.4, -0.2) is 63.7 Å². The molecule has 6 nitrogen and oxygen atoms in total. The molecule has 2 aromatic heterocycles. The summed E-state index contributed by atoms with van der Waals surface area (Å²) < 4.78 is 7.80. The fraction of sp³-hybridized carbons (Fsp3) is 0.556. The van der Waals surface area contributed by atoms with Crippen molar-refractivity contribution in [2.24, 2.45) is 5.92 Å². The summed E-state index contributed by atoms with van der Waals surface area (Å²) in [6, 6.07) is 6.14. The number of aromatic nitrogens is 3. The number of ether oxygens (including phenoxy) is 1. The summed E-state index contributed by atoms with van der Waals surface area (Å²) in [7, 11) is 0. The summed E-state index contributed by atoms with van der Waals surface area (Å²) in [6.45, 7) is 8.85. The highest BCUT2D eigenvalue weighted by molar-refractivity contribution is 5.04. The van der Waals surface area contributed by atoms with E-state index in [9.17, 15) is 0 Å². The zero-order valence-electron chi connectivity index (χ0n) is 14.0. The van der Waals surface area contributed by atoms with Gasteiger partial charge in [-0.25, -0.2) is 4.98 Å². The molecule has 0 bridgehead atoms. The molecule has 0 saturated carbocycles. The molecule has 0 aliphatic carbocycles. The minimum atomic E-state index is 0.599. The summed E-state index contributed by atoms with van der Waals surface area (Å²) in [5.41, 5.74) is 1.13. The Morgan fingerprint density at radius 1 is 1.04 bits per heavy atom. The third-order valence-electron chi connectivity index (χ3n) is 4.87. The largest absolute Gasteiger partial charge is 0.379 e. The number of hydrogen-bond donors (Lipinski definition) is 0. The Balaban J connectivity index is 1.47. The van der Waals surface area contributed by atoms with E-state index in [1.807, 2.05) is 18.5 Å². The molecular formula is C18H25N5O. The van der Waals surface area contributed by atoms with Crippen molar-refractivity contribution in [3.8, 4) is 0 Å². The molecule has 2 aliphatic heterocycles. The molecule has 0 spiro atoms. The first-order chi connectivity index (χ1) is 11.9. The minimum Gasteiger partial charge on any atom is -0.379 e. The zero-order chi connectivity index (χ0) is 16.2. The SMILES string of the molecule is c1ccc(CN2Cc3nccn3C[C@@H](CN3CCOCC3)C2)nc1. The maximum absolute atomic E-state index is 5.48. The third kappa shape index (κ3) is 3.83. The maximum atomic E-state index is 5.48. The Labute approximate surface area is 143 Å². The predicted octanol–water partition coefficient (Wildman–Crippen LogP) is 1.24. The van der Waals surface area contributed by atoms with Crippen LogP contribution in [0.5, 0.6) is 0 Å². The quantitative estimate of drug-likeness (QED) is 0.846. The van der Waals surface area contributed by atoms with Gasteiger partial charge in [0.25, 0.3) is 0 Å². The Hall–Kier alpha value is -1.76. The van der Waals surface area contributed by atoms with Crippen LogP contribution < -0.4 is 0 Å². The van der Waals surface area contributed by atoms with E-state index >= 15 is 0 Å². The normalized spacial score (nSPS) is 22.9. The van der Waals surface area contributed by atoms with Crippen molar-refractivity contribution in [3.05, 3.63) is 48.3 Å². The number of hydrogen-bond acceptors (Lipinski definition) is 5. The van der Waals surface area contributed by atoms with E-state index in [0.717, 1.165) is 70.5 Å². The zero-order valence-corrected chi connectivity index (χ0v) is 14.0. The van der Waals surface area contributed by atoms with Crippen LogP contribution in [0.4, 0.5) is 0 Å². The van der Waals surface area contributed by atoms with Gasteiger partial charge < -0.3 is 9.30 Å². The topological polar surface area (TPSA) is 46.4 Å². The van der Waals surface area contributed by atoms with Gasteiger partial charge >= 0.3 is 0 Å². The predicted molar refractivity (Wildman–Crippen MR) is 91.3 cm³/mol. The van der Waals surface area contributed by atoms with Crippen molar-refractivity contribution >= 4 is 0 Å². The molecule has 24 heavy (non-hydrogen) atoms. The molecule has 0 aromatic carbocycles. The summed E-state index contributed by atoms with van der Waals surface area (Å²) in [4.78, 5) is 14.1. The van der Waals surface area contributed by atoms with Gasteiger partial charge in [0.05, 0.1) is 25.5 Å². The van der Waals surface area contributed by atoms with Gasteiger partial charge in [-0.05, 0) is 12.1 Å². The summed E-state index contributed by atoms with van der Waals surface area (Å²) in [5, 5.41) is 0. The van der Waals surface area contributed by atoms with Gasteiger partial charge in [-0.2, -0.15) is 0 Å². The number of nitrogens with zero attached hydrogens (tertiary/aromatic N) is 5. The Morgan fingerprint density at radius 2 is 1.96 bits per heavy atom. The van der Waals surface area contributed by atoms with E-state index in [1.54, 1.807) is 0 Å². The monoisotopic (exact) mass is 327 g/mol. The average Bonchev–Trinajstić information content (AvgIpc) is 2.96. The van der Waals surface area contributed by atoms with Crippen LogP contribution in [-0.2, 0) is 24.4 Å². The van der Waals surface area contributed by atoms with E-state index in [4.69, 9.17) is 4.74 Å². The fourth-order valence-corrected chi connectivity index (χ4v) is 3.73. The Bertz CT molecular complexity index is 638. The first-order valence-electron chi connectivity index (χ1n) is 8.79. The van der Waals surface area contributed by atoms with Gasteiger partial charge in [0.1, 0.15) is 5.82 Å². The van der Waals surface area contributed by atoms with Crippen LogP contribution in [0.15, 0.2) is 36.8 Å². The molecule has 0 amide bonds. The molecule has 4 rings (SSSR count). The van der Waals surface area contributed by atoms with Crippen LogP contribution in [0.1, 0.15) is 11.5 Å². The molecule has 2 aliphatic rings. The first-order valence-corrected chi connectivity index (χ1v) is 8.79. The Kier molecular flexibility index (Phi) is 4.87. The molecule has 0 radical (unpaired) electrons. The lowest BCUT2D eigenvalue weighted by Crippen LogP contribution is -2.42. The smallest absolute Gasteiger partial charge is 0.122 e. The molecule has 2 aromatic rings. The summed E-state index contributed by atoms with van der Waals surface area (Å²) in [5.74, 6) is 1.76. The second-order valence-electron chi connectivity index (χ2n) is 6.77. The summed E-state index contributed by atoms with van der Waals surface area (Å²) in [6.07, 6.45) is 5.91. The van der Waals surface area contributed by atoms with Crippen LogP contribution >= 0.6 is 0 Å². The van der Waals surface area contributed by atoms with Crippen molar-refractivity contribution in [2.45, 2.75) is 19.6 Å². The molecule has 128 valence electrons. The number of morpholine rings is 1. The van der Waals surface area contributed by atoms with E-state index in [-0.39, 0.29) is 0 Å². The van der Waals surface area contributed by atoms with Crippen LogP contribution in [0, 0.1) is 5.92 Å². The third-order valence-corrected chi connectivity index (χ3v) is 4.87. The number of pyridine rings is 1. The van der Waals surface area contributed by atoms with Gasteiger partial charge in [0.2, 0.25) is 0 Å². The number of fused-ring (bicyclic) bond motifs is 1. The average molecular weight is 327 g/mol. The van der Waals surface area contributed by atoms with Crippen molar-refractivity contribution in [2.75, 3.05) is 39.4 Å². The molecular weight excluding hydrogens is 302 g/mol. The maximum Gasteiger partial charge on any atom is 0.122 e. The first kappa shape index (κ1) is 15.7. The lowest BCUT2D eigenvalue weighted by atomic mass is 10.1. The van der Waals surface area contributed by atoms with Crippen LogP contribution in [0.25, 0.3) is 0 Å². The van der Waals surface area contributed by atoms with Gasteiger partial charge in [-0.3, -0.25) is 14.8 Å². The number of rotatable bonds is 4. The van der Waals surface area contributed by atoms with Gasteiger partial charge in [0.15, 0.2) is 0 Å². The fourth-order valence-electron chi connectivity index (χ4n) is 3.73. The van der Waals surface area contributed by atoms with Crippen molar-refractivity contribution in [1.82, 2.24) is 24.3 Å². The standard InChI is InChI=1S/C18H25N5O/c1-2-4-19-17(3-1)14-22-12-16(11-21-7-9-24-10-8-21)13-23-6-5-20-18(23)15-22/h1-6,16H,7-15H2/t16-/m0/s1. The molecule has 1 fully saturated rings. The minimum absolute atomic E-state index is 0.599. The van der Waals surface area contributed by atoms with Gasteiger partial charge in [-0.15, -0.1) is 0 Å². The highest BCUT2D eigenvalue weighted by Crippen LogP contribution is 2.18. The van der Waals surface area contributed by atoms with Crippen molar-refractivity contribution in [3.63, 3.8) is 0 Å². The highest BCUT2D eigenvalue weighted by Gasteiger charge is 2.25. The molecule has 0 unspecified atom stereocenters. The molecule has 1 saturated heterocycles. The van der Waals surface area contributed by atoms with Crippen LogP contribution in [0.2, 0.25) is 0 Å². The van der Waals surface area contributed by atoms with Gasteiger partial charge in [0, 0.05) is 63.8 Å². The lowest BCUT2D eigenvalue weighted by Gasteiger charge is -2.31. The van der Waals surface area contributed by atoms with Crippen LogP contribution in [0.3, 0.4) is 0 Å². The van der Waals surface area contributed by atoms with Crippen molar-refractivity contribution < 1.29 is 4.74 Å². The van der Waals surface area contributed by atoms with E-state index in [2.05, 4.69) is 42.7 Å². The van der Waals surface area contributed by atoms with E-state index in [0.29, 0.717) is 5.92 Å². The highest BCUT2D eigenvalue weighted by atomic mass is 16.5. The molecule has 0 N–H and O–H groups in total. The lowest BCUT2D eigenvalue weighted by molar-refractivity contribution is 0.0265. The molecule has 1 atom stereocenters. The van der Waals surface area contributed by atoms with Gasteiger partial charge in [-0.1, -0.05) is 6.07 Å². The summed E-state index contributed by atoms with van der Waals surface area (Å²) >= 11 is 0. The van der Waals surface area contributed by atoms with E-state index < -0.39 is 0 Å². The Morgan fingerprint density at radius 3 is 2.79 bits per heavy atom. The second kappa shape index (κ2) is 7.42. The van der Waals surface area contributed by atoms with Crippen molar-refractivity contribution in [1.29, 1.82) is 0 Å². The molecule has 6 heteroatoms. The van der Waals surface area contributed by atoms with E-state index in [1.165, 1.54) is 0 Å².